The third-order valence-corrected chi connectivity index (χ3v) is 4.73. The van der Waals surface area contributed by atoms with Crippen molar-refractivity contribution in [2.45, 2.75) is 51.7 Å². The van der Waals surface area contributed by atoms with Crippen LogP contribution in [-0.2, 0) is 14.3 Å². The Morgan fingerprint density at radius 3 is 2.73 bits per heavy atom. The van der Waals surface area contributed by atoms with E-state index in [1.54, 1.807) is 25.1 Å². The molecular weight excluding hydrogens is 278 g/mol. The van der Waals surface area contributed by atoms with Gasteiger partial charge in [-0.25, -0.2) is 0 Å². The lowest BCUT2D eigenvalue weighted by Crippen LogP contribution is -2.38. The maximum absolute atomic E-state index is 11.9. The summed E-state index contributed by atoms with van der Waals surface area (Å²) in [4.78, 5) is 13.5. The summed E-state index contributed by atoms with van der Waals surface area (Å²) in [6.07, 6.45) is 6.89. The molecule has 2 aliphatic rings. The van der Waals surface area contributed by atoms with Crippen molar-refractivity contribution in [3.8, 4) is 0 Å². The van der Waals surface area contributed by atoms with Crippen LogP contribution >= 0.6 is 0 Å². The van der Waals surface area contributed by atoms with Crippen molar-refractivity contribution in [2.75, 3.05) is 27.3 Å². The molecule has 0 aromatic rings. The normalized spacial score (nSPS) is 30.2. The number of allylic oxidation sites excluding steroid dienone is 2. The minimum Gasteiger partial charge on any atom is -0.374 e. The van der Waals surface area contributed by atoms with E-state index in [-0.39, 0.29) is 17.6 Å². The van der Waals surface area contributed by atoms with Crippen LogP contribution in [0.5, 0.6) is 0 Å². The Labute approximate surface area is 134 Å². The Bertz CT molecular complexity index is 471. The first-order chi connectivity index (χ1) is 10.3. The summed E-state index contributed by atoms with van der Waals surface area (Å²) >= 11 is 0. The second-order valence-corrected chi connectivity index (χ2v) is 7.02. The van der Waals surface area contributed by atoms with Gasteiger partial charge in [-0.15, -0.1) is 0 Å². The zero-order valence-corrected chi connectivity index (χ0v) is 14.5. The first-order valence-electron chi connectivity index (χ1n) is 8.14. The quantitative estimate of drug-likeness (QED) is 0.445. The van der Waals surface area contributed by atoms with Gasteiger partial charge in [0.15, 0.2) is 0 Å². The zero-order valence-electron chi connectivity index (χ0n) is 14.5. The third-order valence-electron chi connectivity index (χ3n) is 4.73. The lowest BCUT2D eigenvalue weighted by molar-refractivity contribution is -0.123. The molecule has 4 nitrogen and oxygen atoms in total. The number of rotatable bonds is 5. The number of ether oxygens (including phenoxy) is 2. The second kappa shape index (κ2) is 6.97. The van der Waals surface area contributed by atoms with E-state index < -0.39 is 0 Å². The van der Waals surface area contributed by atoms with Crippen molar-refractivity contribution in [1.82, 2.24) is 4.90 Å². The van der Waals surface area contributed by atoms with Crippen LogP contribution in [0, 0.1) is 5.92 Å². The highest BCUT2D eigenvalue weighted by molar-refractivity contribution is 5.87. The Morgan fingerprint density at radius 1 is 1.50 bits per heavy atom. The van der Waals surface area contributed by atoms with Gasteiger partial charge in [0.2, 0.25) is 5.91 Å². The van der Waals surface area contributed by atoms with Crippen molar-refractivity contribution < 1.29 is 14.3 Å². The fourth-order valence-electron chi connectivity index (χ4n) is 3.09. The number of hydrogen-bond acceptors (Lipinski definition) is 3. The molecule has 2 fully saturated rings. The van der Waals surface area contributed by atoms with E-state index >= 15 is 0 Å². The highest BCUT2D eigenvalue weighted by Crippen LogP contribution is 2.49. The van der Waals surface area contributed by atoms with Crippen LogP contribution in [0.2, 0.25) is 0 Å². The minimum atomic E-state index is 0.00287. The monoisotopic (exact) mass is 307 g/mol. The number of carbonyl (C=O) groups excluding carboxylic acids is 1. The molecule has 4 heteroatoms. The summed E-state index contributed by atoms with van der Waals surface area (Å²) < 4.78 is 11.8. The van der Waals surface area contributed by atoms with Gasteiger partial charge in [-0.3, -0.25) is 4.79 Å². The molecule has 22 heavy (non-hydrogen) atoms. The molecule has 0 radical (unpaired) electrons. The van der Waals surface area contributed by atoms with E-state index in [2.05, 4.69) is 26.8 Å². The molecule has 1 heterocycles. The van der Waals surface area contributed by atoms with Crippen molar-refractivity contribution in [1.29, 1.82) is 0 Å². The van der Waals surface area contributed by atoms with Crippen LogP contribution in [-0.4, -0.2) is 49.8 Å². The zero-order chi connectivity index (χ0) is 16.3. The predicted molar refractivity (Wildman–Crippen MR) is 87.6 cm³/mol. The van der Waals surface area contributed by atoms with E-state index in [0.717, 1.165) is 25.9 Å². The van der Waals surface area contributed by atoms with Gasteiger partial charge in [-0.1, -0.05) is 17.2 Å². The molecule has 0 N–H and O–H groups in total. The van der Waals surface area contributed by atoms with Crippen LogP contribution in [0.1, 0.15) is 40.0 Å². The molecule has 0 aromatic carbocycles. The van der Waals surface area contributed by atoms with Crippen molar-refractivity contribution in [3.63, 3.8) is 0 Å². The van der Waals surface area contributed by atoms with Gasteiger partial charge >= 0.3 is 0 Å². The average molecular weight is 307 g/mol. The van der Waals surface area contributed by atoms with Crippen LogP contribution < -0.4 is 0 Å². The van der Waals surface area contributed by atoms with Crippen LogP contribution in [0.25, 0.3) is 0 Å². The van der Waals surface area contributed by atoms with E-state index in [4.69, 9.17) is 9.47 Å². The second-order valence-electron chi connectivity index (χ2n) is 7.02. The Morgan fingerprint density at radius 2 is 2.18 bits per heavy atom. The fourth-order valence-corrected chi connectivity index (χ4v) is 3.09. The lowest BCUT2D eigenvalue weighted by Gasteiger charge is -2.34. The summed E-state index contributed by atoms with van der Waals surface area (Å²) in [5.41, 5.74) is 2.50. The van der Waals surface area contributed by atoms with Gasteiger partial charge in [0, 0.05) is 26.1 Å². The molecular formula is C18H29NO3. The summed E-state index contributed by atoms with van der Waals surface area (Å²) in [7, 11) is 3.58. The topological polar surface area (TPSA) is 42.1 Å². The van der Waals surface area contributed by atoms with Gasteiger partial charge in [0.1, 0.15) is 0 Å². The molecule has 1 saturated carbocycles. The summed E-state index contributed by atoms with van der Waals surface area (Å²) in [6, 6.07) is 0. The largest absolute Gasteiger partial charge is 0.374 e. The Balaban J connectivity index is 2.00. The molecule has 1 amide bonds. The van der Waals surface area contributed by atoms with Gasteiger partial charge < -0.3 is 14.4 Å². The number of nitrogens with zero attached hydrogens (tertiary/aromatic N) is 1. The summed E-state index contributed by atoms with van der Waals surface area (Å²) in [5.74, 6) is 0.410. The number of epoxide rings is 1. The molecule has 3 unspecified atom stereocenters. The average Bonchev–Trinajstić information content (AvgIpc) is 3.20. The Hall–Kier alpha value is -1.13. The van der Waals surface area contributed by atoms with Crippen molar-refractivity contribution in [3.05, 3.63) is 23.3 Å². The molecule has 1 saturated heterocycles. The van der Waals surface area contributed by atoms with Gasteiger partial charge in [0.05, 0.1) is 24.9 Å². The van der Waals surface area contributed by atoms with Crippen LogP contribution in [0.3, 0.4) is 0 Å². The highest BCUT2D eigenvalue weighted by atomic mass is 16.6. The number of hydrogen-bond donors (Lipinski definition) is 0. The van der Waals surface area contributed by atoms with E-state index in [0.29, 0.717) is 12.5 Å². The maximum Gasteiger partial charge on any atom is 0.245 e. The lowest BCUT2D eigenvalue weighted by atomic mass is 9.74. The molecule has 1 spiro atoms. The first kappa shape index (κ1) is 17.2. The Kier molecular flexibility index (Phi) is 5.45. The molecule has 3 atom stereocenters. The fraction of sp³-hybridized carbons (Fsp3) is 0.722. The summed E-state index contributed by atoms with van der Waals surface area (Å²) in [5, 5.41) is 0. The van der Waals surface area contributed by atoms with Gasteiger partial charge in [-0.05, 0) is 40.0 Å². The molecule has 124 valence electrons. The highest BCUT2D eigenvalue weighted by Gasteiger charge is 2.55. The van der Waals surface area contributed by atoms with Gasteiger partial charge in [-0.2, -0.15) is 0 Å². The molecule has 0 bridgehead atoms. The molecule has 1 aliphatic heterocycles. The SMILES string of the molecule is CC(C)=CCOC(C)C1C/C(=C\C(=O)N(C)C)CCC12CO2. The number of amides is 1. The van der Waals surface area contributed by atoms with E-state index in [9.17, 15) is 4.79 Å². The number of carbonyl (C=O) groups is 1. The standard InChI is InChI=1S/C18H29NO3/c1-13(2)7-9-21-14(3)16-10-15(11-17(20)19(4)5)6-8-18(16)12-22-18/h7,11,14,16H,6,8-10,12H2,1-5H3/b15-11-. The molecule has 1 aliphatic carbocycles. The first-order valence-corrected chi connectivity index (χ1v) is 8.14. The number of likely N-dealkylation sites (N-methyl/N-ethyl adjacent to an activating group) is 1. The molecule has 2 rings (SSSR count). The van der Waals surface area contributed by atoms with Crippen LogP contribution in [0.15, 0.2) is 23.3 Å². The van der Waals surface area contributed by atoms with Crippen LogP contribution in [0.4, 0.5) is 0 Å². The van der Waals surface area contributed by atoms with Crippen molar-refractivity contribution >= 4 is 5.91 Å². The molecule has 0 aromatic heterocycles. The smallest absolute Gasteiger partial charge is 0.245 e. The predicted octanol–water partition coefficient (Wildman–Crippen LogP) is 2.94. The van der Waals surface area contributed by atoms with E-state index in [1.807, 2.05) is 0 Å². The van der Waals surface area contributed by atoms with Gasteiger partial charge in [0.25, 0.3) is 0 Å². The maximum atomic E-state index is 11.9. The van der Waals surface area contributed by atoms with Crippen molar-refractivity contribution in [2.24, 2.45) is 5.92 Å². The third kappa shape index (κ3) is 4.20. The van der Waals surface area contributed by atoms with E-state index in [1.165, 1.54) is 11.1 Å². The minimum absolute atomic E-state index is 0.00287. The summed E-state index contributed by atoms with van der Waals surface area (Å²) in [6.45, 7) is 7.76.